The molecule has 0 radical (unpaired) electrons. The summed E-state index contributed by atoms with van der Waals surface area (Å²) in [5.41, 5.74) is 3.86. The van der Waals surface area contributed by atoms with E-state index in [-0.39, 0.29) is 11.9 Å². The molecule has 0 aliphatic carbocycles. The second-order valence-electron chi connectivity index (χ2n) is 6.01. The lowest BCUT2D eigenvalue weighted by Crippen LogP contribution is -2.46. The van der Waals surface area contributed by atoms with Gasteiger partial charge in [-0.1, -0.05) is 52.3 Å². The Hall–Kier alpha value is -1.65. The van der Waals surface area contributed by atoms with Crippen LogP contribution >= 0.6 is 15.9 Å². The largest absolute Gasteiger partial charge is 0.351 e. The Morgan fingerprint density at radius 2 is 1.87 bits per heavy atom. The van der Waals surface area contributed by atoms with Crippen LogP contribution < -0.4 is 5.32 Å². The van der Waals surface area contributed by atoms with E-state index in [1.54, 1.807) is 0 Å². The Bertz CT molecular complexity index is 684. The minimum atomic E-state index is -0.112. The van der Waals surface area contributed by atoms with Crippen LogP contribution in [0.5, 0.6) is 0 Å². The normalized spacial score (nSPS) is 15.7. The summed E-state index contributed by atoms with van der Waals surface area (Å²) < 4.78 is 1.05. The summed E-state index contributed by atoms with van der Waals surface area (Å²) in [6.45, 7) is 4.35. The molecule has 120 valence electrons. The molecular formula is C19H21BrN2O. The van der Waals surface area contributed by atoms with Crippen LogP contribution in [0.4, 0.5) is 0 Å². The number of carbonyl (C=O) groups is 1. The first-order valence-corrected chi connectivity index (χ1v) is 8.76. The SMILES string of the molecule is CC(C(=O)NCc1ccc(Br)cc1)N1CCc2ccccc2C1. The molecule has 3 nitrogen and oxygen atoms in total. The van der Waals surface area contributed by atoms with E-state index < -0.39 is 0 Å². The molecular weight excluding hydrogens is 352 g/mol. The lowest BCUT2D eigenvalue weighted by atomic mass is 9.99. The van der Waals surface area contributed by atoms with Gasteiger partial charge in [-0.2, -0.15) is 0 Å². The molecule has 0 fully saturated rings. The Morgan fingerprint density at radius 3 is 2.61 bits per heavy atom. The highest BCUT2D eigenvalue weighted by molar-refractivity contribution is 9.10. The third-order valence-electron chi connectivity index (χ3n) is 4.47. The number of fused-ring (bicyclic) bond motifs is 1. The number of amides is 1. The summed E-state index contributed by atoms with van der Waals surface area (Å²) in [5.74, 6) is 0.0901. The molecule has 0 spiro atoms. The average Bonchev–Trinajstić information content (AvgIpc) is 2.60. The highest BCUT2D eigenvalue weighted by Gasteiger charge is 2.24. The molecule has 0 saturated heterocycles. The Balaban J connectivity index is 1.56. The number of rotatable bonds is 4. The van der Waals surface area contributed by atoms with Gasteiger partial charge in [0.05, 0.1) is 6.04 Å². The zero-order chi connectivity index (χ0) is 16.2. The fourth-order valence-electron chi connectivity index (χ4n) is 2.95. The molecule has 23 heavy (non-hydrogen) atoms. The summed E-state index contributed by atoms with van der Waals surface area (Å²) in [7, 11) is 0. The van der Waals surface area contributed by atoms with Crippen molar-refractivity contribution in [2.24, 2.45) is 0 Å². The summed E-state index contributed by atoms with van der Waals surface area (Å²) >= 11 is 3.42. The first-order chi connectivity index (χ1) is 11.1. The summed E-state index contributed by atoms with van der Waals surface area (Å²) in [6, 6.07) is 16.4. The van der Waals surface area contributed by atoms with E-state index in [0.717, 1.165) is 29.5 Å². The van der Waals surface area contributed by atoms with E-state index in [0.29, 0.717) is 6.54 Å². The van der Waals surface area contributed by atoms with E-state index in [4.69, 9.17) is 0 Å². The number of benzene rings is 2. The van der Waals surface area contributed by atoms with Gasteiger partial charge in [0.15, 0.2) is 0 Å². The Labute approximate surface area is 145 Å². The van der Waals surface area contributed by atoms with Crippen molar-refractivity contribution in [3.63, 3.8) is 0 Å². The molecule has 2 aromatic carbocycles. The van der Waals surface area contributed by atoms with Crippen LogP contribution in [0, 0.1) is 0 Å². The molecule has 1 amide bonds. The van der Waals surface area contributed by atoms with Gasteiger partial charge >= 0.3 is 0 Å². The molecule has 3 rings (SSSR count). The molecule has 1 aliphatic heterocycles. The third kappa shape index (κ3) is 4.01. The summed E-state index contributed by atoms with van der Waals surface area (Å²) in [5, 5.41) is 3.04. The number of hydrogen-bond acceptors (Lipinski definition) is 2. The van der Waals surface area contributed by atoms with E-state index in [9.17, 15) is 4.79 Å². The van der Waals surface area contributed by atoms with E-state index in [2.05, 4.69) is 50.4 Å². The van der Waals surface area contributed by atoms with Crippen molar-refractivity contribution in [1.29, 1.82) is 0 Å². The van der Waals surface area contributed by atoms with E-state index in [1.165, 1.54) is 11.1 Å². The lowest BCUT2D eigenvalue weighted by molar-refractivity contribution is -0.126. The monoisotopic (exact) mass is 372 g/mol. The van der Waals surface area contributed by atoms with Crippen LogP contribution in [0.25, 0.3) is 0 Å². The molecule has 1 aliphatic rings. The van der Waals surface area contributed by atoms with Gasteiger partial charge in [0.1, 0.15) is 0 Å². The van der Waals surface area contributed by atoms with Gasteiger partial charge < -0.3 is 5.32 Å². The first kappa shape index (κ1) is 16.2. The lowest BCUT2D eigenvalue weighted by Gasteiger charge is -2.32. The van der Waals surface area contributed by atoms with Crippen molar-refractivity contribution in [2.75, 3.05) is 6.54 Å². The Morgan fingerprint density at radius 1 is 1.17 bits per heavy atom. The molecule has 4 heteroatoms. The maximum Gasteiger partial charge on any atom is 0.237 e. The second kappa shape index (κ2) is 7.28. The van der Waals surface area contributed by atoms with Crippen molar-refractivity contribution in [3.8, 4) is 0 Å². The van der Waals surface area contributed by atoms with Crippen LogP contribution in [0.2, 0.25) is 0 Å². The maximum atomic E-state index is 12.4. The number of nitrogens with one attached hydrogen (secondary N) is 1. The van der Waals surface area contributed by atoms with Crippen LogP contribution in [0.15, 0.2) is 53.0 Å². The van der Waals surface area contributed by atoms with Crippen LogP contribution in [-0.4, -0.2) is 23.4 Å². The zero-order valence-electron chi connectivity index (χ0n) is 13.3. The molecule has 1 atom stereocenters. The number of nitrogens with zero attached hydrogens (tertiary/aromatic N) is 1. The van der Waals surface area contributed by atoms with Crippen molar-refractivity contribution in [3.05, 3.63) is 69.7 Å². The molecule has 0 saturated carbocycles. The quantitative estimate of drug-likeness (QED) is 0.890. The predicted octanol–water partition coefficient (Wildman–Crippen LogP) is 3.51. The Kier molecular flexibility index (Phi) is 5.13. The van der Waals surface area contributed by atoms with Crippen LogP contribution in [0.3, 0.4) is 0 Å². The highest BCUT2D eigenvalue weighted by Crippen LogP contribution is 2.20. The van der Waals surface area contributed by atoms with Gasteiger partial charge in [0.2, 0.25) is 5.91 Å². The first-order valence-electron chi connectivity index (χ1n) is 7.96. The maximum absolute atomic E-state index is 12.4. The van der Waals surface area contributed by atoms with Gasteiger partial charge in [-0.3, -0.25) is 9.69 Å². The molecule has 1 N–H and O–H groups in total. The second-order valence-corrected chi connectivity index (χ2v) is 6.93. The van der Waals surface area contributed by atoms with Crippen LogP contribution in [-0.2, 0) is 24.3 Å². The van der Waals surface area contributed by atoms with Crippen molar-refractivity contribution >= 4 is 21.8 Å². The minimum Gasteiger partial charge on any atom is -0.351 e. The number of hydrogen-bond donors (Lipinski definition) is 1. The number of halogens is 1. The molecule has 1 unspecified atom stereocenters. The van der Waals surface area contributed by atoms with Crippen LogP contribution in [0.1, 0.15) is 23.6 Å². The molecule has 2 aromatic rings. The number of carbonyl (C=O) groups excluding carboxylic acids is 1. The summed E-state index contributed by atoms with van der Waals surface area (Å²) in [4.78, 5) is 14.7. The molecule has 0 aromatic heterocycles. The van der Waals surface area contributed by atoms with Gasteiger partial charge in [0, 0.05) is 24.1 Å². The van der Waals surface area contributed by atoms with Crippen molar-refractivity contribution in [1.82, 2.24) is 10.2 Å². The summed E-state index contributed by atoms with van der Waals surface area (Å²) in [6.07, 6.45) is 1.01. The fourth-order valence-corrected chi connectivity index (χ4v) is 3.22. The van der Waals surface area contributed by atoms with Gasteiger partial charge in [0.25, 0.3) is 0 Å². The third-order valence-corrected chi connectivity index (χ3v) is 5.00. The minimum absolute atomic E-state index is 0.0901. The van der Waals surface area contributed by atoms with Crippen molar-refractivity contribution < 1.29 is 4.79 Å². The van der Waals surface area contributed by atoms with Crippen molar-refractivity contribution in [2.45, 2.75) is 32.5 Å². The van der Waals surface area contributed by atoms with Gasteiger partial charge in [-0.15, -0.1) is 0 Å². The van der Waals surface area contributed by atoms with Gasteiger partial charge in [-0.05, 0) is 42.2 Å². The fraction of sp³-hybridized carbons (Fsp3) is 0.316. The van der Waals surface area contributed by atoms with E-state index >= 15 is 0 Å². The zero-order valence-corrected chi connectivity index (χ0v) is 14.8. The standard InChI is InChI=1S/C19H21BrN2O/c1-14(19(23)21-12-15-6-8-18(20)9-7-15)22-11-10-16-4-2-3-5-17(16)13-22/h2-9,14H,10-13H2,1H3,(H,21,23). The predicted molar refractivity (Wildman–Crippen MR) is 96.0 cm³/mol. The highest BCUT2D eigenvalue weighted by atomic mass is 79.9. The smallest absolute Gasteiger partial charge is 0.237 e. The van der Waals surface area contributed by atoms with E-state index in [1.807, 2.05) is 31.2 Å². The van der Waals surface area contributed by atoms with Gasteiger partial charge in [-0.25, -0.2) is 0 Å². The molecule has 1 heterocycles. The molecule has 0 bridgehead atoms. The average molecular weight is 373 g/mol. The topological polar surface area (TPSA) is 32.3 Å².